The van der Waals surface area contributed by atoms with Gasteiger partial charge >= 0.3 is 6.61 Å². The first-order valence-electron chi connectivity index (χ1n) is 8.12. The Morgan fingerprint density at radius 1 is 1.33 bits per heavy atom. The Hall–Kier alpha value is -1.51. The van der Waals surface area contributed by atoms with Gasteiger partial charge in [0.1, 0.15) is 17.1 Å². The number of aliphatic imine (C=N–C) groups is 1. The van der Waals surface area contributed by atoms with Crippen LogP contribution in [-0.2, 0) is 16.3 Å². The van der Waals surface area contributed by atoms with Gasteiger partial charge in [0, 0.05) is 15.7 Å². The zero-order valence-corrected chi connectivity index (χ0v) is 17.4. The SMILES string of the molecule is CC1(C)C(N)=N[C@](C)(c2sc(-c3cccc(OC(F)F)c3)cc2Cl)CS1=O. The zero-order valence-electron chi connectivity index (χ0n) is 15.0. The van der Waals surface area contributed by atoms with E-state index in [1.165, 1.54) is 23.5 Å². The van der Waals surface area contributed by atoms with Crippen molar-refractivity contribution in [2.24, 2.45) is 10.7 Å². The first kappa shape index (κ1) is 20.2. The number of amidine groups is 1. The summed E-state index contributed by atoms with van der Waals surface area (Å²) in [4.78, 5) is 6.14. The average Bonchev–Trinajstić information content (AvgIpc) is 2.96. The van der Waals surface area contributed by atoms with Crippen LogP contribution in [0.25, 0.3) is 10.4 Å². The van der Waals surface area contributed by atoms with E-state index in [1.807, 2.05) is 6.92 Å². The number of halogens is 3. The van der Waals surface area contributed by atoms with E-state index >= 15 is 0 Å². The highest BCUT2D eigenvalue weighted by molar-refractivity contribution is 7.87. The van der Waals surface area contributed by atoms with Gasteiger partial charge in [-0.2, -0.15) is 8.78 Å². The van der Waals surface area contributed by atoms with E-state index in [-0.39, 0.29) is 5.75 Å². The molecule has 1 aliphatic rings. The number of benzene rings is 1. The van der Waals surface area contributed by atoms with Crippen molar-refractivity contribution >= 4 is 39.6 Å². The summed E-state index contributed by atoms with van der Waals surface area (Å²) in [6.07, 6.45) is 0. The second kappa shape index (κ2) is 7.14. The summed E-state index contributed by atoms with van der Waals surface area (Å²) in [5.74, 6) is 0.699. The average molecular weight is 433 g/mol. The molecule has 2 aromatic rings. The predicted molar refractivity (Wildman–Crippen MR) is 107 cm³/mol. The second-order valence-corrected chi connectivity index (χ2v) is 10.4. The summed E-state index contributed by atoms with van der Waals surface area (Å²) in [5.41, 5.74) is 5.98. The van der Waals surface area contributed by atoms with Gasteiger partial charge in [0.2, 0.25) is 0 Å². The van der Waals surface area contributed by atoms with Crippen molar-refractivity contribution in [1.82, 2.24) is 0 Å². The van der Waals surface area contributed by atoms with E-state index in [9.17, 15) is 13.0 Å². The van der Waals surface area contributed by atoms with Gasteiger partial charge < -0.3 is 10.5 Å². The number of nitrogens with zero attached hydrogens (tertiary/aromatic N) is 1. The lowest BCUT2D eigenvalue weighted by atomic mass is 10.0. The third kappa shape index (κ3) is 3.88. The highest BCUT2D eigenvalue weighted by Crippen LogP contribution is 2.45. The molecule has 146 valence electrons. The molecule has 0 bridgehead atoms. The first-order valence-corrected chi connectivity index (χ1v) is 10.6. The minimum atomic E-state index is -2.89. The number of thiophene rings is 1. The summed E-state index contributed by atoms with van der Waals surface area (Å²) in [7, 11) is -1.22. The molecule has 1 aromatic carbocycles. The van der Waals surface area contributed by atoms with Crippen molar-refractivity contribution in [2.45, 2.75) is 37.7 Å². The van der Waals surface area contributed by atoms with Crippen molar-refractivity contribution in [3.8, 4) is 16.2 Å². The van der Waals surface area contributed by atoms with Crippen LogP contribution in [0.3, 0.4) is 0 Å². The summed E-state index contributed by atoms with van der Waals surface area (Å²) >= 11 is 7.84. The quantitative estimate of drug-likeness (QED) is 0.755. The van der Waals surface area contributed by atoms with E-state index < -0.39 is 27.7 Å². The van der Waals surface area contributed by atoms with Gasteiger partial charge in [-0.25, -0.2) is 0 Å². The molecule has 1 aromatic heterocycles. The number of nitrogens with two attached hydrogens (primary N) is 1. The smallest absolute Gasteiger partial charge is 0.387 e. The second-order valence-electron chi connectivity index (χ2n) is 6.97. The zero-order chi connectivity index (χ0) is 20.0. The number of hydrogen-bond acceptors (Lipinski definition) is 5. The van der Waals surface area contributed by atoms with Crippen LogP contribution in [0.5, 0.6) is 5.75 Å². The maximum Gasteiger partial charge on any atom is 0.387 e. The van der Waals surface area contributed by atoms with Gasteiger partial charge in [0.25, 0.3) is 0 Å². The van der Waals surface area contributed by atoms with Crippen molar-refractivity contribution in [3.63, 3.8) is 0 Å². The number of hydrogen-bond donors (Lipinski definition) is 1. The molecule has 0 amide bonds. The lowest BCUT2D eigenvalue weighted by molar-refractivity contribution is -0.0498. The fraction of sp³-hybridized carbons (Fsp3) is 0.389. The molecule has 0 aliphatic carbocycles. The molecule has 9 heteroatoms. The molecular formula is C18H19ClF2N2O2S2. The van der Waals surface area contributed by atoms with Crippen LogP contribution in [-0.4, -0.2) is 27.2 Å². The van der Waals surface area contributed by atoms with Gasteiger partial charge in [-0.05, 0) is 44.5 Å². The number of alkyl halides is 2. The molecule has 0 fully saturated rings. The Labute approximate surface area is 167 Å². The van der Waals surface area contributed by atoms with Gasteiger partial charge in [-0.3, -0.25) is 9.20 Å². The molecule has 0 radical (unpaired) electrons. The minimum Gasteiger partial charge on any atom is -0.435 e. The van der Waals surface area contributed by atoms with E-state index in [0.717, 1.165) is 9.75 Å². The predicted octanol–water partition coefficient (Wildman–Crippen LogP) is 4.78. The molecule has 2 heterocycles. The van der Waals surface area contributed by atoms with Gasteiger partial charge in [0.15, 0.2) is 0 Å². The van der Waals surface area contributed by atoms with Crippen LogP contribution in [0.4, 0.5) is 8.78 Å². The molecule has 1 aliphatic heterocycles. The Kier molecular flexibility index (Phi) is 5.35. The molecule has 27 heavy (non-hydrogen) atoms. The molecule has 2 atom stereocenters. The summed E-state index contributed by atoms with van der Waals surface area (Å²) < 4.78 is 41.4. The maximum atomic E-state index is 12.7. The third-order valence-electron chi connectivity index (χ3n) is 4.49. The number of ether oxygens (including phenoxy) is 1. The van der Waals surface area contributed by atoms with Crippen molar-refractivity contribution in [3.05, 3.63) is 40.2 Å². The number of rotatable bonds is 4. The minimum absolute atomic E-state index is 0.0718. The molecule has 3 rings (SSSR count). The molecule has 4 nitrogen and oxygen atoms in total. The highest BCUT2D eigenvalue weighted by Gasteiger charge is 2.44. The van der Waals surface area contributed by atoms with E-state index in [1.54, 1.807) is 32.0 Å². The third-order valence-corrected chi connectivity index (χ3v) is 8.50. The van der Waals surface area contributed by atoms with Crippen molar-refractivity contribution in [1.29, 1.82) is 0 Å². The standard InChI is InChI=1S/C18H19ClF2N2O2S2/c1-17(2)15(22)23-18(3,9-27(17)24)14-12(19)8-13(26-14)10-5-4-6-11(7-10)25-16(20)21/h4-8,16H,9H2,1-3H3,(H2,22,23)/t18-,27?/m0/s1. The van der Waals surface area contributed by atoms with Crippen LogP contribution in [0.15, 0.2) is 35.3 Å². The monoisotopic (exact) mass is 432 g/mol. The fourth-order valence-corrected chi connectivity index (χ4v) is 5.88. The normalized spacial score (nSPS) is 24.7. The Morgan fingerprint density at radius 2 is 2.04 bits per heavy atom. The van der Waals surface area contributed by atoms with Gasteiger partial charge in [-0.15, -0.1) is 11.3 Å². The van der Waals surface area contributed by atoms with Crippen LogP contribution in [0.1, 0.15) is 25.6 Å². The summed E-state index contributed by atoms with van der Waals surface area (Å²) in [6.45, 7) is 2.57. The largest absolute Gasteiger partial charge is 0.435 e. The molecule has 0 saturated heterocycles. The lowest BCUT2D eigenvalue weighted by Crippen LogP contribution is -2.51. The van der Waals surface area contributed by atoms with Crippen LogP contribution in [0.2, 0.25) is 5.02 Å². The van der Waals surface area contributed by atoms with Crippen LogP contribution in [0, 0.1) is 0 Å². The van der Waals surface area contributed by atoms with Crippen LogP contribution >= 0.6 is 22.9 Å². The Morgan fingerprint density at radius 3 is 2.67 bits per heavy atom. The molecule has 2 N–H and O–H groups in total. The maximum absolute atomic E-state index is 12.7. The molecule has 0 saturated carbocycles. The summed E-state index contributed by atoms with van der Waals surface area (Å²) in [5, 5.41) is 0.478. The van der Waals surface area contributed by atoms with E-state index in [0.29, 0.717) is 22.2 Å². The van der Waals surface area contributed by atoms with Crippen molar-refractivity contribution < 1.29 is 17.7 Å². The molecule has 0 spiro atoms. The van der Waals surface area contributed by atoms with E-state index in [2.05, 4.69) is 9.73 Å². The first-order chi connectivity index (χ1) is 12.5. The Bertz CT molecular complexity index is 930. The lowest BCUT2D eigenvalue weighted by Gasteiger charge is -2.36. The van der Waals surface area contributed by atoms with Crippen molar-refractivity contribution in [2.75, 3.05) is 5.75 Å². The topological polar surface area (TPSA) is 64.7 Å². The van der Waals surface area contributed by atoms with Crippen LogP contribution < -0.4 is 10.5 Å². The fourth-order valence-electron chi connectivity index (χ4n) is 2.81. The molecule has 1 unspecified atom stereocenters. The van der Waals surface area contributed by atoms with Gasteiger partial charge in [0.05, 0.1) is 20.4 Å². The van der Waals surface area contributed by atoms with Gasteiger partial charge in [-0.1, -0.05) is 23.7 Å². The summed E-state index contributed by atoms with van der Waals surface area (Å²) in [6, 6.07) is 8.16. The highest BCUT2D eigenvalue weighted by atomic mass is 35.5. The molecular weight excluding hydrogens is 414 g/mol. The Balaban J connectivity index is 2.01. The van der Waals surface area contributed by atoms with E-state index in [4.69, 9.17) is 17.3 Å².